The molecule has 0 aliphatic carbocycles. The van der Waals surface area contributed by atoms with Gasteiger partial charge in [-0.3, -0.25) is 9.59 Å². The SMILES string of the molecule is CN1CCN(C(=O)c2ccc3c(c2)NC(=O)CCS3)[C@@H](c2ccccc2)C1. The van der Waals surface area contributed by atoms with Crippen molar-refractivity contribution in [3.63, 3.8) is 0 Å². The molecule has 2 heterocycles. The van der Waals surface area contributed by atoms with E-state index in [2.05, 4.69) is 29.4 Å². The molecule has 0 saturated carbocycles. The normalized spacial score (nSPS) is 20.6. The minimum absolute atomic E-state index is 0.00704. The lowest BCUT2D eigenvalue weighted by Crippen LogP contribution is -2.49. The van der Waals surface area contributed by atoms with E-state index in [0.29, 0.717) is 18.5 Å². The Balaban J connectivity index is 1.63. The van der Waals surface area contributed by atoms with Gasteiger partial charge >= 0.3 is 0 Å². The van der Waals surface area contributed by atoms with Crippen molar-refractivity contribution in [1.29, 1.82) is 0 Å². The standard InChI is InChI=1S/C21H23N3O2S/c1-23-10-11-24(18(14-23)15-5-3-2-4-6-15)21(26)16-7-8-19-17(13-16)22-20(25)9-12-27-19/h2-8,13,18H,9-12,14H2,1H3,(H,22,25)/t18-/m1/s1. The third kappa shape index (κ3) is 3.87. The Labute approximate surface area is 163 Å². The zero-order valence-corrected chi connectivity index (χ0v) is 16.2. The Morgan fingerprint density at radius 1 is 1.15 bits per heavy atom. The first kappa shape index (κ1) is 18.1. The van der Waals surface area contributed by atoms with Crippen LogP contribution in [-0.2, 0) is 4.79 Å². The highest BCUT2D eigenvalue weighted by Crippen LogP contribution is 2.33. The molecule has 1 N–H and O–H groups in total. The summed E-state index contributed by atoms with van der Waals surface area (Å²) in [6.45, 7) is 2.35. The van der Waals surface area contributed by atoms with Crippen LogP contribution in [0.5, 0.6) is 0 Å². The molecule has 1 atom stereocenters. The molecule has 5 nitrogen and oxygen atoms in total. The molecule has 2 amide bonds. The number of thioether (sulfide) groups is 1. The van der Waals surface area contributed by atoms with E-state index >= 15 is 0 Å². The second kappa shape index (κ2) is 7.74. The van der Waals surface area contributed by atoms with Gasteiger partial charge in [0.15, 0.2) is 0 Å². The lowest BCUT2D eigenvalue weighted by atomic mass is 10.0. The number of hydrogen-bond acceptors (Lipinski definition) is 4. The molecule has 0 spiro atoms. The van der Waals surface area contributed by atoms with Gasteiger partial charge in [-0.1, -0.05) is 30.3 Å². The van der Waals surface area contributed by atoms with Crippen molar-refractivity contribution in [3.05, 3.63) is 59.7 Å². The van der Waals surface area contributed by atoms with Crippen molar-refractivity contribution in [3.8, 4) is 0 Å². The summed E-state index contributed by atoms with van der Waals surface area (Å²) in [6.07, 6.45) is 0.497. The summed E-state index contributed by atoms with van der Waals surface area (Å²) in [6, 6.07) is 15.9. The number of amides is 2. The van der Waals surface area contributed by atoms with E-state index in [1.54, 1.807) is 11.8 Å². The third-order valence-electron chi connectivity index (χ3n) is 5.12. The molecule has 0 unspecified atom stereocenters. The first-order chi connectivity index (χ1) is 13.1. The Bertz CT molecular complexity index is 856. The fourth-order valence-electron chi connectivity index (χ4n) is 3.64. The van der Waals surface area contributed by atoms with Gasteiger partial charge in [0.2, 0.25) is 5.91 Å². The van der Waals surface area contributed by atoms with Crippen molar-refractivity contribution in [2.45, 2.75) is 17.4 Å². The van der Waals surface area contributed by atoms with Crippen molar-refractivity contribution in [2.75, 3.05) is 37.8 Å². The minimum Gasteiger partial charge on any atom is -0.329 e. The van der Waals surface area contributed by atoms with E-state index in [1.807, 2.05) is 41.3 Å². The summed E-state index contributed by atoms with van der Waals surface area (Å²) in [7, 11) is 2.09. The van der Waals surface area contributed by atoms with E-state index in [1.165, 1.54) is 0 Å². The highest BCUT2D eigenvalue weighted by atomic mass is 32.2. The molecule has 2 aromatic rings. The van der Waals surface area contributed by atoms with E-state index in [9.17, 15) is 9.59 Å². The van der Waals surface area contributed by atoms with Crippen LogP contribution in [0.3, 0.4) is 0 Å². The highest BCUT2D eigenvalue weighted by Gasteiger charge is 2.31. The summed E-state index contributed by atoms with van der Waals surface area (Å²) in [5, 5.41) is 2.93. The molecule has 4 rings (SSSR count). The number of anilines is 1. The smallest absolute Gasteiger partial charge is 0.254 e. The summed E-state index contributed by atoms with van der Waals surface area (Å²) in [5.74, 6) is 0.788. The van der Waals surface area contributed by atoms with Crippen LogP contribution in [0.1, 0.15) is 28.4 Å². The van der Waals surface area contributed by atoms with Crippen LogP contribution < -0.4 is 5.32 Å². The molecule has 2 aliphatic heterocycles. The number of hydrogen-bond donors (Lipinski definition) is 1. The minimum atomic E-state index is 0.00704. The topological polar surface area (TPSA) is 52.6 Å². The largest absolute Gasteiger partial charge is 0.329 e. The maximum atomic E-state index is 13.3. The van der Waals surface area contributed by atoms with Crippen LogP contribution in [-0.4, -0.2) is 54.0 Å². The highest BCUT2D eigenvalue weighted by molar-refractivity contribution is 7.99. The van der Waals surface area contributed by atoms with Crippen LogP contribution in [0.25, 0.3) is 0 Å². The van der Waals surface area contributed by atoms with Gasteiger partial charge in [0.25, 0.3) is 5.91 Å². The fraction of sp³-hybridized carbons (Fsp3) is 0.333. The maximum absolute atomic E-state index is 13.3. The zero-order chi connectivity index (χ0) is 18.8. The number of benzene rings is 2. The third-order valence-corrected chi connectivity index (χ3v) is 6.19. The lowest BCUT2D eigenvalue weighted by molar-refractivity contribution is -0.115. The average molecular weight is 382 g/mol. The molecular formula is C21H23N3O2S. The van der Waals surface area contributed by atoms with Crippen LogP contribution in [0.15, 0.2) is 53.4 Å². The van der Waals surface area contributed by atoms with Crippen LogP contribution >= 0.6 is 11.8 Å². The van der Waals surface area contributed by atoms with Gasteiger partial charge in [-0.25, -0.2) is 0 Å². The van der Waals surface area contributed by atoms with Crippen LogP contribution in [0, 0.1) is 0 Å². The van der Waals surface area contributed by atoms with E-state index in [0.717, 1.165) is 35.0 Å². The zero-order valence-electron chi connectivity index (χ0n) is 15.4. The molecule has 27 heavy (non-hydrogen) atoms. The predicted octanol–water partition coefficient (Wildman–Crippen LogP) is 3.25. The molecular weight excluding hydrogens is 358 g/mol. The summed E-state index contributed by atoms with van der Waals surface area (Å²) < 4.78 is 0. The first-order valence-corrected chi connectivity index (χ1v) is 10.2. The molecule has 140 valence electrons. The molecule has 6 heteroatoms. The molecule has 2 aliphatic rings. The Kier molecular flexibility index (Phi) is 5.18. The molecule has 0 aromatic heterocycles. The van der Waals surface area contributed by atoms with E-state index in [-0.39, 0.29) is 17.9 Å². The predicted molar refractivity (Wildman–Crippen MR) is 108 cm³/mol. The molecule has 0 radical (unpaired) electrons. The van der Waals surface area contributed by atoms with Gasteiger partial charge in [-0.2, -0.15) is 0 Å². The van der Waals surface area contributed by atoms with E-state index in [4.69, 9.17) is 0 Å². The Morgan fingerprint density at radius 2 is 1.96 bits per heavy atom. The summed E-state index contributed by atoms with van der Waals surface area (Å²) in [4.78, 5) is 30.5. The fourth-order valence-corrected chi connectivity index (χ4v) is 4.58. The van der Waals surface area contributed by atoms with Crippen LogP contribution in [0.2, 0.25) is 0 Å². The van der Waals surface area contributed by atoms with E-state index < -0.39 is 0 Å². The van der Waals surface area contributed by atoms with Gasteiger partial charge in [-0.15, -0.1) is 11.8 Å². The van der Waals surface area contributed by atoms with Crippen molar-refractivity contribution in [1.82, 2.24) is 9.80 Å². The lowest BCUT2D eigenvalue weighted by Gasteiger charge is -2.40. The van der Waals surface area contributed by atoms with Crippen molar-refractivity contribution < 1.29 is 9.59 Å². The summed E-state index contributed by atoms with van der Waals surface area (Å²) in [5.41, 5.74) is 2.52. The second-order valence-electron chi connectivity index (χ2n) is 7.04. The number of fused-ring (bicyclic) bond motifs is 1. The average Bonchev–Trinajstić information content (AvgIpc) is 2.88. The number of carbonyl (C=O) groups is 2. The Morgan fingerprint density at radius 3 is 2.78 bits per heavy atom. The quantitative estimate of drug-likeness (QED) is 0.868. The van der Waals surface area contributed by atoms with Crippen molar-refractivity contribution in [2.24, 2.45) is 0 Å². The van der Waals surface area contributed by atoms with Gasteiger partial charge < -0.3 is 15.1 Å². The number of likely N-dealkylation sites (N-methyl/N-ethyl adjacent to an activating group) is 1. The van der Waals surface area contributed by atoms with Crippen LogP contribution in [0.4, 0.5) is 5.69 Å². The summed E-state index contributed by atoms with van der Waals surface area (Å²) >= 11 is 1.65. The number of nitrogens with zero attached hydrogens (tertiary/aromatic N) is 2. The monoisotopic (exact) mass is 381 g/mol. The molecule has 1 saturated heterocycles. The van der Waals surface area contributed by atoms with Gasteiger partial charge in [0, 0.05) is 42.3 Å². The maximum Gasteiger partial charge on any atom is 0.254 e. The number of carbonyl (C=O) groups excluding carboxylic acids is 2. The molecule has 2 aromatic carbocycles. The van der Waals surface area contributed by atoms with Crippen molar-refractivity contribution >= 4 is 29.3 Å². The first-order valence-electron chi connectivity index (χ1n) is 9.23. The second-order valence-corrected chi connectivity index (χ2v) is 8.18. The Hall–Kier alpha value is -2.31. The van der Waals surface area contributed by atoms with Gasteiger partial charge in [0.05, 0.1) is 11.7 Å². The molecule has 1 fully saturated rings. The van der Waals surface area contributed by atoms with Gasteiger partial charge in [-0.05, 0) is 30.8 Å². The molecule has 0 bridgehead atoms. The number of rotatable bonds is 2. The number of piperazine rings is 1. The number of nitrogens with one attached hydrogen (secondary N) is 1. The van der Waals surface area contributed by atoms with Gasteiger partial charge in [0.1, 0.15) is 0 Å².